The van der Waals surface area contributed by atoms with Crippen molar-refractivity contribution in [3.8, 4) is 0 Å². The largest absolute Gasteiger partial charge is 0.302 e. The Morgan fingerprint density at radius 2 is 2.30 bits per heavy atom. The Kier molecular flexibility index (Phi) is 2.02. The summed E-state index contributed by atoms with van der Waals surface area (Å²) >= 11 is 5.47. The summed E-state index contributed by atoms with van der Waals surface area (Å²) in [5, 5.41) is 0.378. The van der Waals surface area contributed by atoms with Crippen molar-refractivity contribution in [3.05, 3.63) is 23.3 Å². The van der Waals surface area contributed by atoms with E-state index < -0.39 is 5.92 Å². The van der Waals surface area contributed by atoms with Crippen molar-refractivity contribution in [2.24, 2.45) is 5.92 Å². The number of rotatable bonds is 1. The summed E-state index contributed by atoms with van der Waals surface area (Å²) in [6.07, 6.45) is 4.87. The van der Waals surface area contributed by atoms with Crippen LogP contribution in [0.4, 0.5) is 0 Å². The first kappa shape index (κ1) is 7.22. The maximum Gasteiger partial charge on any atom is 0.171 e. The van der Waals surface area contributed by atoms with Gasteiger partial charge in [-0.15, -0.1) is 0 Å². The smallest absolute Gasteiger partial charge is 0.171 e. The van der Waals surface area contributed by atoms with Gasteiger partial charge in [0.1, 0.15) is 6.29 Å². The number of hydrogen-bond donors (Lipinski definition) is 0. The fourth-order valence-electron chi connectivity index (χ4n) is 0.683. The average Bonchev–Trinajstić information content (AvgIpc) is 1.88. The molecule has 3 heteroatoms. The van der Waals surface area contributed by atoms with Gasteiger partial charge in [0.2, 0.25) is 0 Å². The van der Waals surface area contributed by atoms with Crippen molar-refractivity contribution in [2.75, 3.05) is 0 Å². The standard InChI is InChI=1S/C7H5ClO2/c8-6-2-1-5(4-9)7(10)3-6/h1-5H. The van der Waals surface area contributed by atoms with E-state index in [2.05, 4.69) is 0 Å². The van der Waals surface area contributed by atoms with Crippen LogP contribution < -0.4 is 0 Å². The third-order valence-corrected chi connectivity index (χ3v) is 1.45. The second-order valence-electron chi connectivity index (χ2n) is 1.95. The monoisotopic (exact) mass is 156 g/mol. The predicted octanol–water partition coefficient (Wildman–Crippen LogP) is 1.06. The minimum Gasteiger partial charge on any atom is -0.302 e. The molecule has 0 radical (unpaired) electrons. The SMILES string of the molecule is O=CC1C=CC(Cl)=CC1=O. The number of hydrogen-bond acceptors (Lipinski definition) is 2. The summed E-state index contributed by atoms with van der Waals surface area (Å²) < 4.78 is 0. The van der Waals surface area contributed by atoms with Gasteiger partial charge in [0, 0.05) is 11.1 Å². The van der Waals surface area contributed by atoms with Crippen LogP contribution in [0.15, 0.2) is 23.3 Å². The highest BCUT2D eigenvalue weighted by molar-refractivity contribution is 6.33. The number of carbonyl (C=O) groups excluding carboxylic acids is 2. The van der Waals surface area contributed by atoms with Crippen molar-refractivity contribution < 1.29 is 9.59 Å². The topological polar surface area (TPSA) is 34.1 Å². The van der Waals surface area contributed by atoms with Crippen LogP contribution in [-0.2, 0) is 9.59 Å². The Morgan fingerprint density at radius 1 is 1.60 bits per heavy atom. The highest BCUT2D eigenvalue weighted by atomic mass is 35.5. The third-order valence-electron chi connectivity index (χ3n) is 1.22. The van der Waals surface area contributed by atoms with Crippen LogP contribution in [0.1, 0.15) is 0 Å². The molecule has 1 unspecified atom stereocenters. The van der Waals surface area contributed by atoms with Crippen LogP contribution in [-0.4, -0.2) is 12.1 Å². The highest BCUT2D eigenvalue weighted by Crippen LogP contribution is 2.13. The molecule has 0 fully saturated rings. The summed E-state index contributed by atoms with van der Waals surface area (Å²) in [7, 11) is 0. The van der Waals surface area contributed by atoms with Crippen molar-refractivity contribution in [1.29, 1.82) is 0 Å². The molecule has 0 aliphatic heterocycles. The first-order chi connectivity index (χ1) is 4.74. The van der Waals surface area contributed by atoms with E-state index in [1.807, 2.05) is 0 Å². The van der Waals surface area contributed by atoms with Crippen molar-refractivity contribution in [2.45, 2.75) is 0 Å². The fourth-order valence-corrected chi connectivity index (χ4v) is 0.863. The Morgan fingerprint density at radius 3 is 2.80 bits per heavy atom. The number of halogens is 1. The molecule has 1 aliphatic rings. The van der Waals surface area contributed by atoms with Crippen LogP contribution >= 0.6 is 11.6 Å². The van der Waals surface area contributed by atoms with Gasteiger partial charge in [0.05, 0.1) is 5.92 Å². The predicted molar refractivity (Wildman–Crippen MR) is 37.6 cm³/mol. The minimum absolute atomic E-state index is 0.248. The lowest BCUT2D eigenvalue weighted by molar-refractivity contribution is -0.122. The zero-order valence-electron chi connectivity index (χ0n) is 5.08. The molecule has 52 valence electrons. The zero-order chi connectivity index (χ0) is 7.56. The fraction of sp³-hybridized carbons (Fsp3) is 0.143. The normalized spacial score (nSPS) is 24.3. The Bertz CT molecular complexity index is 228. The minimum atomic E-state index is -0.623. The number of allylic oxidation sites excluding steroid dienone is 4. The van der Waals surface area contributed by atoms with E-state index in [0.717, 1.165) is 0 Å². The second-order valence-corrected chi connectivity index (χ2v) is 2.39. The van der Waals surface area contributed by atoms with Crippen molar-refractivity contribution >= 4 is 23.7 Å². The second kappa shape index (κ2) is 2.80. The lowest BCUT2D eigenvalue weighted by atomic mass is 10.0. The first-order valence-electron chi connectivity index (χ1n) is 2.78. The molecule has 0 amide bonds. The number of ketones is 1. The molecular weight excluding hydrogens is 152 g/mol. The molecule has 0 heterocycles. The summed E-state index contributed by atoms with van der Waals surface area (Å²) in [4.78, 5) is 20.9. The quantitative estimate of drug-likeness (QED) is 0.420. The van der Waals surface area contributed by atoms with Gasteiger partial charge in [-0.2, -0.15) is 0 Å². The average molecular weight is 157 g/mol. The van der Waals surface area contributed by atoms with Gasteiger partial charge in [-0.1, -0.05) is 17.7 Å². The van der Waals surface area contributed by atoms with Crippen molar-refractivity contribution in [3.63, 3.8) is 0 Å². The van der Waals surface area contributed by atoms with Gasteiger partial charge in [0.15, 0.2) is 5.78 Å². The molecule has 0 aromatic rings. The Hall–Kier alpha value is -0.890. The van der Waals surface area contributed by atoms with E-state index in [9.17, 15) is 9.59 Å². The van der Waals surface area contributed by atoms with Crippen molar-refractivity contribution in [1.82, 2.24) is 0 Å². The molecular formula is C7H5ClO2. The summed E-state index contributed by atoms with van der Waals surface area (Å²) in [6, 6.07) is 0. The van der Waals surface area contributed by atoms with Gasteiger partial charge in [-0.3, -0.25) is 4.79 Å². The molecule has 0 bridgehead atoms. The summed E-state index contributed by atoms with van der Waals surface area (Å²) in [6.45, 7) is 0. The van der Waals surface area contributed by atoms with Crippen LogP contribution in [0.25, 0.3) is 0 Å². The first-order valence-corrected chi connectivity index (χ1v) is 3.16. The van der Waals surface area contributed by atoms with Crippen LogP contribution in [0.3, 0.4) is 0 Å². The van der Waals surface area contributed by atoms with Crippen LogP contribution in [0, 0.1) is 5.92 Å². The van der Waals surface area contributed by atoms with Gasteiger partial charge < -0.3 is 4.79 Å². The number of aldehydes is 1. The highest BCUT2D eigenvalue weighted by Gasteiger charge is 2.15. The van der Waals surface area contributed by atoms with E-state index in [4.69, 9.17) is 11.6 Å². The van der Waals surface area contributed by atoms with Gasteiger partial charge in [-0.05, 0) is 6.08 Å². The molecule has 0 aromatic heterocycles. The van der Waals surface area contributed by atoms with E-state index in [-0.39, 0.29) is 5.78 Å². The zero-order valence-corrected chi connectivity index (χ0v) is 5.84. The molecule has 0 aromatic carbocycles. The van der Waals surface area contributed by atoms with E-state index in [1.165, 1.54) is 12.2 Å². The van der Waals surface area contributed by atoms with Gasteiger partial charge in [-0.25, -0.2) is 0 Å². The molecule has 0 spiro atoms. The van der Waals surface area contributed by atoms with E-state index >= 15 is 0 Å². The lowest BCUT2D eigenvalue weighted by Crippen LogP contribution is -2.13. The maximum atomic E-state index is 10.8. The van der Waals surface area contributed by atoms with Crippen LogP contribution in [0.5, 0.6) is 0 Å². The lowest BCUT2D eigenvalue weighted by Gasteiger charge is -2.03. The Balaban J connectivity index is 2.83. The third kappa shape index (κ3) is 1.33. The molecule has 0 saturated heterocycles. The maximum absolute atomic E-state index is 10.8. The van der Waals surface area contributed by atoms with E-state index in [1.54, 1.807) is 6.08 Å². The van der Waals surface area contributed by atoms with Gasteiger partial charge in [0.25, 0.3) is 0 Å². The Labute approximate surface area is 63.2 Å². The van der Waals surface area contributed by atoms with Gasteiger partial charge >= 0.3 is 0 Å². The summed E-state index contributed by atoms with van der Waals surface area (Å²) in [5.41, 5.74) is 0. The molecule has 0 saturated carbocycles. The molecule has 1 aliphatic carbocycles. The summed E-state index contributed by atoms with van der Waals surface area (Å²) in [5.74, 6) is -0.870. The molecule has 1 rings (SSSR count). The van der Waals surface area contributed by atoms with E-state index in [0.29, 0.717) is 11.3 Å². The molecule has 10 heavy (non-hydrogen) atoms. The molecule has 0 N–H and O–H groups in total. The molecule has 2 nitrogen and oxygen atoms in total. The van der Waals surface area contributed by atoms with Crippen LogP contribution in [0.2, 0.25) is 0 Å². The number of carbonyl (C=O) groups is 2. The molecule has 1 atom stereocenters.